The van der Waals surface area contributed by atoms with E-state index in [1.54, 1.807) is 0 Å². The van der Waals surface area contributed by atoms with Crippen LogP contribution in [0.3, 0.4) is 0 Å². The Balaban J connectivity index is 1.71. The van der Waals surface area contributed by atoms with Gasteiger partial charge in [0.25, 0.3) is 0 Å². The van der Waals surface area contributed by atoms with Crippen molar-refractivity contribution in [3.05, 3.63) is 24.0 Å². The van der Waals surface area contributed by atoms with Gasteiger partial charge in [-0.05, 0) is 30.5 Å². The van der Waals surface area contributed by atoms with Gasteiger partial charge in [0.15, 0.2) is 9.84 Å². The van der Waals surface area contributed by atoms with Gasteiger partial charge in [-0.15, -0.1) is 0 Å². The molecular weight excluding hydrogens is 212 g/mol. The molecule has 1 atom stereocenters. The Morgan fingerprint density at radius 1 is 1.53 bits per heavy atom. The number of sulfone groups is 1. The van der Waals surface area contributed by atoms with Crippen LogP contribution in [0.1, 0.15) is 12.0 Å². The van der Waals surface area contributed by atoms with Crippen molar-refractivity contribution >= 4 is 9.84 Å². The van der Waals surface area contributed by atoms with Crippen LogP contribution in [-0.2, 0) is 16.4 Å². The zero-order valence-corrected chi connectivity index (χ0v) is 9.39. The molecule has 2 heterocycles. The molecule has 1 unspecified atom stereocenters. The smallest absolute Gasteiger partial charge is 0.150 e. The Morgan fingerprint density at radius 2 is 2.40 bits per heavy atom. The van der Waals surface area contributed by atoms with Crippen LogP contribution in [0.5, 0.6) is 0 Å². The van der Waals surface area contributed by atoms with Crippen molar-refractivity contribution in [2.75, 3.05) is 18.1 Å². The van der Waals surface area contributed by atoms with E-state index in [-0.39, 0.29) is 0 Å². The Hall–Kier alpha value is -0.810. The second-order valence-corrected chi connectivity index (χ2v) is 6.35. The minimum absolute atomic E-state index is 0.300. The fourth-order valence-corrected chi connectivity index (χ4v) is 3.78. The lowest BCUT2D eigenvalue weighted by Gasteiger charge is -2.08. The van der Waals surface area contributed by atoms with E-state index in [4.69, 9.17) is 0 Å². The zero-order valence-electron chi connectivity index (χ0n) is 8.57. The fourth-order valence-electron chi connectivity index (χ4n) is 1.92. The third-order valence-corrected chi connectivity index (χ3v) is 4.59. The molecule has 0 aliphatic carbocycles. The normalized spacial score (nSPS) is 24.4. The molecule has 0 spiro atoms. The van der Waals surface area contributed by atoms with E-state index in [2.05, 4.69) is 10.3 Å². The number of aromatic amines is 1. The largest absolute Gasteiger partial charge is 0.367 e. The molecule has 2 rings (SSSR count). The molecule has 4 nitrogen and oxygen atoms in total. The molecule has 1 saturated heterocycles. The highest BCUT2D eigenvalue weighted by atomic mass is 32.2. The van der Waals surface area contributed by atoms with Gasteiger partial charge < -0.3 is 10.3 Å². The third kappa shape index (κ3) is 3.07. The summed E-state index contributed by atoms with van der Waals surface area (Å²) in [5, 5.41) is 3.28. The Labute approximate surface area is 90.0 Å². The van der Waals surface area contributed by atoms with E-state index >= 15 is 0 Å². The van der Waals surface area contributed by atoms with E-state index in [1.807, 2.05) is 18.5 Å². The van der Waals surface area contributed by atoms with Crippen molar-refractivity contribution in [2.24, 2.45) is 5.92 Å². The van der Waals surface area contributed by atoms with Crippen LogP contribution >= 0.6 is 0 Å². The molecule has 5 heteroatoms. The van der Waals surface area contributed by atoms with Crippen LogP contribution in [0.15, 0.2) is 18.5 Å². The Morgan fingerprint density at radius 3 is 3.00 bits per heavy atom. The summed E-state index contributed by atoms with van der Waals surface area (Å²) in [4.78, 5) is 2.99. The molecule has 1 aromatic rings. The second-order valence-electron chi connectivity index (χ2n) is 4.12. The molecule has 1 aromatic heterocycles. The standard InChI is InChI=1S/C10H16N2O2S/c13-15(14)4-2-10(8-15)7-12-6-9-1-3-11-5-9/h1,3,5,10-12H,2,4,6-8H2. The van der Waals surface area contributed by atoms with Crippen LogP contribution < -0.4 is 5.32 Å². The SMILES string of the molecule is O=S1(=O)CCC(CNCc2cc[nH]c2)C1. The summed E-state index contributed by atoms with van der Waals surface area (Å²) in [6.45, 7) is 1.60. The lowest BCUT2D eigenvalue weighted by atomic mass is 10.1. The zero-order chi connectivity index (χ0) is 10.7. The molecule has 2 N–H and O–H groups in total. The minimum Gasteiger partial charge on any atom is -0.367 e. The average Bonchev–Trinajstić information content (AvgIpc) is 2.76. The third-order valence-electron chi connectivity index (χ3n) is 2.75. The van der Waals surface area contributed by atoms with Gasteiger partial charge in [-0.25, -0.2) is 8.42 Å². The number of nitrogens with one attached hydrogen (secondary N) is 2. The van der Waals surface area contributed by atoms with Crippen molar-refractivity contribution in [3.8, 4) is 0 Å². The summed E-state index contributed by atoms with van der Waals surface area (Å²) >= 11 is 0. The van der Waals surface area contributed by atoms with Crippen molar-refractivity contribution < 1.29 is 8.42 Å². The fraction of sp³-hybridized carbons (Fsp3) is 0.600. The number of aromatic nitrogens is 1. The molecule has 1 fully saturated rings. The molecule has 0 radical (unpaired) electrons. The first-order chi connectivity index (χ1) is 7.16. The summed E-state index contributed by atoms with van der Waals surface area (Å²) in [6.07, 6.45) is 4.64. The van der Waals surface area contributed by atoms with Gasteiger partial charge in [-0.3, -0.25) is 0 Å². The topological polar surface area (TPSA) is 62.0 Å². The number of hydrogen-bond donors (Lipinski definition) is 2. The van der Waals surface area contributed by atoms with E-state index in [1.165, 1.54) is 5.56 Å². The van der Waals surface area contributed by atoms with E-state index < -0.39 is 9.84 Å². The number of H-pyrrole nitrogens is 1. The molecule has 84 valence electrons. The van der Waals surface area contributed by atoms with Crippen LogP contribution in [0.2, 0.25) is 0 Å². The average molecular weight is 228 g/mol. The highest BCUT2D eigenvalue weighted by molar-refractivity contribution is 7.91. The van der Waals surface area contributed by atoms with Gasteiger partial charge in [0.1, 0.15) is 0 Å². The summed E-state index contributed by atoms with van der Waals surface area (Å²) in [5.74, 6) is 1.02. The van der Waals surface area contributed by atoms with Gasteiger partial charge in [-0.2, -0.15) is 0 Å². The van der Waals surface area contributed by atoms with E-state index in [0.717, 1.165) is 19.5 Å². The quantitative estimate of drug-likeness (QED) is 0.790. The summed E-state index contributed by atoms with van der Waals surface area (Å²) in [7, 11) is -2.73. The van der Waals surface area contributed by atoms with Crippen LogP contribution in [0.25, 0.3) is 0 Å². The maximum atomic E-state index is 11.2. The molecule has 15 heavy (non-hydrogen) atoms. The minimum atomic E-state index is -2.73. The van der Waals surface area contributed by atoms with Crippen LogP contribution in [0, 0.1) is 5.92 Å². The first kappa shape index (κ1) is 10.7. The Kier molecular flexibility index (Phi) is 3.11. The van der Waals surface area contributed by atoms with Crippen LogP contribution in [0.4, 0.5) is 0 Å². The summed E-state index contributed by atoms with van der Waals surface area (Å²) in [5.41, 5.74) is 1.20. The highest BCUT2D eigenvalue weighted by Gasteiger charge is 2.27. The molecule has 0 aromatic carbocycles. The lowest BCUT2D eigenvalue weighted by Crippen LogP contribution is -2.23. The Bertz CT molecular complexity index is 397. The van der Waals surface area contributed by atoms with Gasteiger partial charge in [0.05, 0.1) is 11.5 Å². The van der Waals surface area contributed by atoms with Crippen molar-refractivity contribution in [1.29, 1.82) is 0 Å². The predicted octanol–water partition coefficient (Wildman–Crippen LogP) is 0.539. The predicted molar refractivity (Wildman–Crippen MR) is 59.3 cm³/mol. The molecule has 0 saturated carbocycles. The first-order valence-corrected chi connectivity index (χ1v) is 7.01. The number of hydrogen-bond acceptors (Lipinski definition) is 3. The first-order valence-electron chi connectivity index (χ1n) is 5.18. The highest BCUT2D eigenvalue weighted by Crippen LogP contribution is 2.17. The molecule has 1 aliphatic heterocycles. The summed E-state index contributed by atoms with van der Waals surface area (Å²) in [6, 6.07) is 2.01. The number of rotatable bonds is 4. The second kappa shape index (κ2) is 4.37. The molecule has 1 aliphatic rings. The van der Waals surface area contributed by atoms with Gasteiger partial charge in [0.2, 0.25) is 0 Å². The van der Waals surface area contributed by atoms with Crippen molar-refractivity contribution in [3.63, 3.8) is 0 Å². The summed E-state index contributed by atoms with van der Waals surface area (Å²) < 4.78 is 22.4. The maximum absolute atomic E-state index is 11.2. The van der Waals surface area contributed by atoms with Gasteiger partial charge >= 0.3 is 0 Å². The molecule has 0 bridgehead atoms. The monoisotopic (exact) mass is 228 g/mol. The molecule has 0 amide bonds. The van der Waals surface area contributed by atoms with Gasteiger partial charge in [-0.1, -0.05) is 0 Å². The lowest BCUT2D eigenvalue weighted by molar-refractivity contribution is 0.521. The van der Waals surface area contributed by atoms with Gasteiger partial charge in [0, 0.05) is 18.9 Å². The van der Waals surface area contributed by atoms with E-state index in [0.29, 0.717) is 17.4 Å². The van der Waals surface area contributed by atoms with Crippen molar-refractivity contribution in [1.82, 2.24) is 10.3 Å². The van der Waals surface area contributed by atoms with Crippen molar-refractivity contribution in [2.45, 2.75) is 13.0 Å². The van der Waals surface area contributed by atoms with E-state index in [9.17, 15) is 8.42 Å². The molecular formula is C10H16N2O2S. The maximum Gasteiger partial charge on any atom is 0.150 e. The van der Waals surface area contributed by atoms with Crippen LogP contribution in [-0.4, -0.2) is 31.5 Å².